The summed E-state index contributed by atoms with van der Waals surface area (Å²) in [6.45, 7) is 3.34. The number of fused-ring (bicyclic) bond motifs is 3. The Hall–Kier alpha value is -2.33. The Morgan fingerprint density at radius 2 is 1.75 bits per heavy atom. The van der Waals surface area contributed by atoms with Gasteiger partial charge >= 0.3 is 0 Å². The van der Waals surface area contributed by atoms with Gasteiger partial charge in [-0.05, 0) is 62.2 Å². The number of carbonyl (C=O) groups excluding carboxylic acids is 1. The average Bonchev–Trinajstić information content (AvgIpc) is 2.64. The molecule has 3 heterocycles. The first-order valence-electron chi connectivity index (χ1n) is 8.64. The van der Waals surface area contributed by atoms with Crippen LogP contribution in [-0.2, 0) is 0 Å². The summed E-state index contributed by atoms with van der Waals surface area (Å²) >= 11 is 0. The summed E-state index contributed by atoms with van der Waals surface area (Å²) in [5, 5.41) is 3.22. The Bertz CT molecular complexity index is 709. The molecule has 0 spiro atoms. The fraction of sp³-hybridized carbons (Fsp3) is 0.350. The van der Waals surface area contributed by atoms with Gasteiger partial charge in [0.05, 0.1) is 0 Å². The van der Waals surface area contributed by atoms with Crippen molar-refractivity contribution in [3.63, 3.8) is 0 Å². The minimum Gasteiger partial charge on any atom is -0.457 e. The van der Waals surface area contributed by atoms with Gasteiger partial charge in [0.25, 0.3) is 5.91 Å². The lowest BCUT2D eigenvalue weighted by Gasteiger charge is -2.44. The molecule has 124 valence electrons. The molecule has 3 aliphatic rings. The first-order chi connectivity index (χ1) is 11.8. The number of piperidine rings is 3. The summed E-state index contributed by atoms with van der Waals surface area (Å²) < 4.78 is 5.82. The van der Waals surface area contributed by atoms with Crippen LogP contribution in [0.4, 0.5) is 0 Å². The highest BCUT2D eigenvalue weighted by Crippen LogP contribution is 2.28. The van der Waals surface area contributed by atoms with Gasteiger partial charge in [-0.25, -0.2) is 0 Å². The SMILES string of the molecule is O=C(N[C@H]1CN2CCC1CC2)c1cccc(Oc2ccccc2)c1. The van der Waals surface area contributed by atoms with Crippen molar-refractivity contribution >= 4 is 5.91 Å². The van der Waals surface area contributed by atoms with E-state index in [1.54, 1.807) is 0 Å². The lowest BCUT2D eigenvalue weighted by Crippen LogP contribution is -2.57. The highest BCUT2D eigenvalue weighted by atomic mass is 16.5. The molecular formula is C20H22N2O2. The second kappa shape index (κ2) is 6.65. The second-order valence-corrected chi connectivity index (χ2v) is 6.66. The Kier molecular flexibility index (Phi) is 4.22. The van der Waals surface area contributed by atoms with Crippen molar-refractivity contribution in [1.29, 1.82) is 0 Å². The van der Waals surface area contributed by atoms with Crippen LogP contribution in [0.3, 0.4) is 0 Å². The van der Waals surface area contributed by atoms with Gasteiger partial charge in [-0.1, -0.05) is 24.3 Å². The molecule has 3 saturated heterocycles. The molecule has 0 radical (unpaired) electrons. The van der Waals surface area contributed by atoms with Crippen LogP contribution in [0.5, 0.6) is 11.5 Å². The first-order valence-corrected chi connectivity index (χ1v) is 8.64. The molecule has 0 unspecified atom stereocenters. The van der Waals surface area contributed by atoms with Gasteiger partial charge in [-0.2, -0.15) is 0 Å². The number of hydrogen-bond acceptors (Lipinski definition) is 3. The maximum atomic E-state index is 12.6. The van der Waals surface area contributed by atoms with Crippen molar-refractivity contribution in [2.45, 2.75) is 18.9 Å². The zero-order valence-electron chi connectivity index (χ0n) is 13.7. The average molecular weight is 322 g/mol. The van der Waals surface area contributed by atoms with Crippen molar-refractivity contribution in [1.82, 2.24) is 10.2 Å². The number of nitrogens with zero attached hydrogens (tertiary/aromatic N) is 1. The molecule has 0 aliphatic carbocycles. The van der Waals surface area contributed by atoms with Gasteiger partial charge in [0.2, 0.25) is 0 Å². The quantitative estimate of drug-likeness (QED) is 0.939. The fourth-order valence-electron chi connectivity index (χ4n) is 3.71. The fourth-order valence-corrected chi connectivity index (χ4v) is 3.71. The molecule has 0 saturated carbocycles. The van der Waals surface area contributed by atoms with E-state index >= 15 is 0 Å². The van der Waals surface area contributed by atoms with Crippen LogP contribution in [0, 0.1) is 5.92 Å². The number of hydrogen-bond donors (Lipinski definition) is 1. The zero-order valence-corrected chi connectivity index (χ0v) is 13.7. The largest absolute Gasteiger partial charge is 0.457 e. The van der Waals surface area contributed by atoms with Crippen LogP contribution in [0.1, 0.15) is 23.2 Å². The molecule has 2 aromatic carbocycles. The second-order valence-electron chi connectivity index (χ2n) is 6.66. The van der Waals surface area contributed by atoms with Crippen molar-refractivity contribution < 1.29 is 9.53 Å². The van der Waals surface area contributed by atoms with Crippen LogP contribution in [0.25, 0.3) is 0 Å². The Labute approximate surface area is 142 Å². The molecule has 2 aromatic rings. The third-order valence-electron chi connectivity index (χ3n) is 5.05. The number of amides is 1. The molecule has 1 amide bonds. The highest BCUT2D eigenvalue weighted by Gasteiger charge is 2.34. The summed E-state index contributed by atoms with van der Waals surface area (Å²) in [4.78, 5) is 15.1. The number of nitrogens with one attached hydrogen (secondary N) is 1. The summed E-state index contributed by atoms with van der Waals surface area (Å²) in [5.74, 6) is 2.07. The normalized spacial score (nSPS) is 25.2. The molecule has 1 N–H and O–H groups in total. The topological polar surface area (TPSA) is 41.6 Å². The van der Waals surface area contributed by atoms with Crippen LogP contribution in [0.2, 0.25) is 0 Å². The van der Waals surface area contributed by atoms with Crippen molar-refractivity contribution in [3.8, 4) is 11.5 Å². The van der Waals surface area contributed by atoms with Gasteiger partial charge in [-0.3, -0.25) is 4.79 Å². The van der Waals surface area contributed by atoms with Crippen LogP contribution in [0.15, 0.2) is 54.6 Å². The molecule has 3 aliphatic heterocycles. The van der Waals surface area contributed by atoms with Gasteiger partial charge in [0, 0.05) is 18.2 Å². The molecule has 2 bridgehead atoms. The minimum atomic E-state index is -0.00717. The van der Waals surface area contributed by atoms with Crippen LogP contribution < -0.4 is 10.1 Å². The van der Waals surface area contributed by atoms with Gasteiger partial charge in [0.15, 0.2) is 0 Å². The predicted octanol–water partition coefficient (Wildman–Crippen LogP) is 3.30. The van der Waals surface area contributed by atoms with Crippen molar-refractivity contribution in [2.24, 2.45) is 5.92 Å². The van der Waals surface area contributed by atoms with E-state index in [0.717, 1.165) is 12.3 Å². The minimum absolute atomic E-state index is 0.00717. The maximum Gasteiger partial charge on any atom is 0.251 e. The van der Waals surface area contributed by atoms with Crippen LogP contribution >= 0.6 is 0 Å². The monoisotopic (exact) mass is 322 g/mol. The van der Waals surface area contributed by atoms with Gasteiger partial charge in [-0.15, -0.1) is 0 Å². The number of benzene rings is 2. The van der Waals surface area contributed by atoms with E-state index in [1.807, 2.05) is 54.6 Å². The molecular weight excluding hydrogens is 300 g/mol. The number of carbonyl (C=O) groups is 1. The van der Waals surface area contributed by atoms with E-state index in [4.69, 9.17) is 4.74 Å². The third-order valence-corrected chi connectivity index (χ3v) is 5.05. The lowest BCUT2D eigenvalue weighted by atomic mass is 9.84. The summed E-state index contributed by atoms with van der Waals surface area (Å²) in [5.41, 5.74) is 0.653. The number of rotatable bonds is 4. The summed E-state index contributed by atoms with van der Waals surface area (Å²) in [6, 6.07) is 17.3. The molecule has 5 rings (SSSR count). The standard InChI is InChI=1S/C20H22N2O2/c23-20(21-19-14-22-11-9-15(19)10-12-22)16-5-4-8-18(13-16)24-17-6-2-1-3-7-17/h1-8,13,15,19H,9-12,14H2,(H,21,23)/t19-/m0/s1. The van der Waals surface area contributed by atoms with E-state index in [9.17, 15) is 4.79 Å². The van der Waals surface area contributed by atoms with E-state index in [0.29, 0.717) is 17.2 Å². The van der Waals surface area contributed by atoms with Crippen LogP contribution in [-0.4, -0.2) is 36.5 Å². The summed E-state index contributed by atoms with van der Waals surface area (Å²) in [7, 11) is 0. The third kappa shape index (κ3) is 3.29. The maximum absolute atomic E-state index is 12.6. The highest BCUT2D eigenvalue weighted by molar-refractivity contribution is 5.94. The molecule has 0 aromatic heterocycles. The molecule has 4 nitrogen and oxygen atoms in total. The molecule has 1 atom stereocenters. The predicted molar refractivity (Wildman–Crippen MR) is 93.4 cm³/mol. The van der Waals surface area contributed by atoms with Gasteiger partial charge in [0.1, 0.15) is 11.5 Å². The van der Waals surface area contributed by atoms with E-state index in [-0.39, 0.29) is 11.9 Å². The Morgan fingerprint density at radius 1 is 1.00 bits per heavy atom. The lowest BCUT2D eigenvalue weighted by molar-refractivity contribution is 0.0620. The van der Waals surface area contributed by atoms with E-state index in [1.165, 1.54) is 25.9 Å². The molecule has 24 heavy (non-hydrogen) atoms. The smallest absolute Gasteiger partial charge is 0.251 e. The van der Waals surface area contributed by atoms with Crippen molar-refractivity contribution in [3.05, 3.63) is 60.2 Å². The summed E-state index contributed by atoms with van der Waals surface area (Å²) in [6.07, 6.45) is 2.39. The zero-order chi connectivity index (χ0) is 16.4. The molecule has 4 heteroatoms. The first kappa shape index (κ1) is 15.2. The van der Waals surface area contributed by atoms with Gasteiger partial charge < -0.3 is 15.0 Å². The Morgan fingerprint density at radius 3 is 2.46 bits per heavy atom. The number of para-hydroxylation sites is 1. The van der Waals surface area contributed by atoms with E-state index in [2.05, 4.69) is 10.2 Å². The Balaban J connectivity index is 1.44. The number of ether oxygens (including phenoxy) is 1. The van der Waals surface area contributed by atoms with E-state index < -0.39 is 0 Å². The van der Waals surface area contributed by atoms with Crippen molar-refractivity contribution in [2.75, 3.05) is 19.6 Å². The molecule has 3 fully saturated rings.